The van der Waals surface area contributed by atoms with E-state index in [2.05, 4.69) is 31.8 Å². The van der Waals surface area contributed by atoms with Gasteiger partial charge in [0.1, 0.15) is 5.75 Å². The monoisotopic (exact) mass is 279 g/mol. The third-order valence-corrected chi connectivity index (χ3v) is 4.31. The molecule has 106 valence electrons. The Labute approximate surface area is 117 Å². The molecule has 0 radical (unpaired) electrons. The first kappa shape index (κ1) is 14.6. The van der Waals surface area contributed by atoms with Crippen molar-refractivity contribution in [3.05, 3.63) is 29.8 Å². The summed E-state index contributed by atoms with van der Waals surface area (Å²) < 4.78 is 11.3. The first-order valence-corrected chi connectivity index (χ1v) is 10.5. The summed E-state index contributed by atoms with van der Waals surface area (Å²) in [6.45, 7) is 8.25. The van der Waals surface area contributed by atoms with Crippen LogP contribution in [0.3, 0.4) is 0 Å². The van der Waals surface area contributed by atoms with E-state index < -0.39 is 8.32 Å². The fraction of sp³-hybridized carbons (Fsp3) is 0.600. The highest BCUT2D eigenvalue weighted by Crippen LogP contribution is 2.29. The minimum atomic E-state index is -1.52. The van der Waals surface area contributed by atoms with Crippen LogP contribution in [0, 0.1) is 5.92 Å². The average Bonchev–Trinajstić information content (AvgIpc) is 2.38. The van der Waals surface area contributed by atoms with E-state index in [9.17, 15) is 0 Å². The number of hydrogen-bond acceptors (Lipinski definition) is 3. The van der Waals surface area contributed by atoms with E-state index in [4.69, 9.17) is 14.9 Å². The Kier molecular flexibility index (Phi) is 4.65. The van der Waals surface area contributed by atoms with E-state index in [1.807, 2.05) is 12.1 Å². The van der Waals surface area contributed by atoms with Crippen molar-refractivity contribution in [3.63, 3.8) is 0 Å². The van der Waals surface area contributed by atoms with Crippen molar-refractivity contribution in [2.75, 3.05) is 13.2 Å². The van der Waals surface area contributed by atoms with Crippen LogP contribution in [0.4, 0.5) is 0 Å². The first-order chi connectivity index (χ1) is 8.96. The quantitative estimate of drug-likeness (QED) is 0.860. The number of benzene rings is 1. The van der Waals surface area contributed by atoms with Crippen molar-refractivity contribution in [1.82, 2.24) is 0 Å². The first-order valence-electron chi connectivity index (χ1n) is 7.08. The molecule has 1 saturated heterocycles. The minimum Gasteiger partial charge on any atom is -0.544 e. The van der Waals surface area contributed by atoms with Crippen molar-refractivity contribution in [2.45, 2.75) is 38.5 Å². The Balaban J connectivity index is 2.01. The van der Waals surface area contributed by atoms with Crippen molar-refractivity contribution >= 4 is 8.32 Å². The van der Waals surface area contributed by atoms with Gasteiger partial charge < -0.3 is 14.9 Å². The van der Waals surface area contributed by atoms with Gasteiger partial charge in [-0.05, 0) is 56.1 Å². The number of nitrogens with two attached hydrogens (primary N) is 1. The van der Waals surface area contributed by atoms with Crippen LogP contribution in [0.2, 0.25) is 19.6 Å². The molecule has 1 heterocycles. The Bertz CT molecular complexity index is 394. The molecule has 0 bridgehead atoms. The maximum atomic E-state index is 6.36. The molecule has 0 amide bonds. The lowest BCUT2D eigenvalue weighted by molar-refractivity contribution is 0.0584. The van der Waals surface area contributed by atoms with Gasteiger partial charge >= 0.3 is 0 Å². The summed E-state index contributed by atoms with van der Waals surface area (Å²) in [5.74, 6) is 1.50. The molecular formula is C15H25NO2Si. The topological polar surface area (TPSA) is 44.5 Å². The Morgan fingerprint density at radius 2 is 1.74 bits per heavy atom. The molecule has 0 saturated carbocycles. The highest BCUT2D eigenvalue weighted by atomic mass is 28.4. The summed E-state index contributed by atoms with van der Waals surface area (Å²) in [6.07, 6.45) is 2.13. The molecule has 1 aromatic rings. The number of hydrogen-bond donors (Lipinski definition) is 1. The summed E-state index contributed by atoms with van der Waals surface area (Å²) in [4.78, 5) is 0. The largest absolute Gasteiger partial charge is 0.544 e. The molecule has 0 spiro atoms. The smallest absolute Gasteiger partial charge is 0.242 e. The summed E-state index contributed by atoms with van der Waals surface area (Å²) in [6, 6.07) is 8.43. The van der Waals surface area contributed by atoms with Crippen LogP contribution >= 0.6 is 0 Å². The maximum absolute atomic E-state index is 6.36. The van der Waals surface area contributed by atoms with E-state index in [0.29, 0.717) is 5.92 Å². The van der Waals surface area contributed by atoms with E-state index in [-0.39, 0.29) is 6.04 Å². The standard InChI is InChI=1S/C15H25NO2Si/c1-19(2,3)18-14-6-4-12(5-7-14)15(16)13-8-10-17-11-9-13/h4-7,13,15H,8-11,16H2,1-3H3/t15-/m0/s1. The van der Waals surface area contributed by atoms with E-state index >= 15 is 0 Å². The molecule has 0 unspecified atom stereocenters. The van der Waals surface area contributed by atoms with Crippen LogP contribution < -0.4 is 10.2 Å². The molecule has 2 N–H and O–H groups in total. The van der Waals surface area contributed by atoms with Crippen molar-refractivity contribution in [1.29, 1.82) is 0 Å². The van der Waals surface area contributed by atoms with Gasteiger partial charge in [0, 0.05) is 19.3 Å². The normalized spacial score (nSPS) is 19.2. The molecule has 0 aliphatic carbocycles. The Morgan fingerprint density at radius 1 is 1.16 bits per heavy atom. The van der Waals surface area contributed by atoms with Gasteiger partial charge in [-0.25, -0.2) is 0 Å². The van der Waals surface area contributed by atoms with Gasteiger partial charge in [0.25, 0.3) is 0 Å². The van der Waals surface area contributed by atoms with Crippen molar-refractivity contribution < 1.29 is 9.16 Å². The lowest BCUT2D eigenvalue weighted by atomic mass is 9.88. The predicted molar refractivity (Wildman–Crippen MR) is 80.9 cm³/mol. The molecule has 1 fully saturated rings. The molecule has 1 aliphatic heterocycles. The molecule has 1 aliphatic rings. The second-order valence-electron chi connectivity index (χ2n) is 6.26. The highest BCUT2D eigenvalue weighted by molar-refractivity contribution is 6.70. The third-order valence-electron chi connectivity index (χ3n) is 3.46. The van der Waals surface area contributed by atoms with Gasteiger partial charge in [0.15, 0.2) is 0 Å². The summed E-state index contributed by atoms with van der Waals surface area (Å²) in [5.41, 5.74) is 7.56. The maximum Gasteiger partial charge on any atom is 0.242 e. The second-order valence-corrected chi connectivity index (χ2v) is 10.7. The van der Waals surface area contributed by atoms with E-state index in [0.717, 1.165) is 31.8 Å². The van der Waals surface area contributed by atoms with Crippen LogP contribution in [-0.4, -0.2) is 21.5 Å². The minimum absolute atomic E-state index is 0.116. The molecule has 2 rings (SSSR count). The second kappa shape index (κ2) is 6.07. The third kappa shape index (κ3) is 4.33. The average molecular weight is 279 g/mol. The van der Waals surface area contributed by atoms with Gasteiger partial charge in [-0.2, -0.15) is 0 Å². The number of ether oxygens (including phenoxy) is 1. The fourth-order valence-corrected chi connectivity index (χ4v) is 3.30. The van der Waals surface area contributed by atoms with E-state index in [1.165, 1.54) is 5.56 Å². The SMILES string of the molecule is C[Si](C)(C)Oc1ccc([C@H](N)C2CCOCC2)cc1. The van der Waals surface area contributed by atoms with Crippen molar-refractivity contribution in [2.24, 2.45) is 11.7 Å². The highest BCUT2D eigenvalue weighted by Gasteiger charge is 2.22. The summed E-state index contributed by atoms with van der Waals surface area (Å²) in [7, 11) is -1.52. The molecular weight excluding hydrogens is 254 g/mol. The van der Waals surface area contributed by atoms with Gasteiger partial charge in [-0.1, -0.05) is 12.1 Å². The zero-order valence-electron chi connectivity index (χ0n) is 12.2. The van der Waals surface area contributed by atoms with Crippen LogP contribution in [0.5, 0.6) is 5.75 Å². The lowest BCUT2D eigenvalue weighted by Gasteiger charge is -2.28. The van der Waals surface area contributed by atoms with E-state index in [1.54, 1.807) is 0 Å². The predicted octanol–water partition coefficient (Wildman–Crippen LogP) is 3.33. The molecule has 19 heavy (non-hydrogen) atoms. The van der Waals surface area contributed by atoms with Gasteiger partial charge in [-0.3, -0.25) is 0 Å². The summed E-state index contributed by atoms with van der Waals surface area (Å²) in [5, 5.41) is 0. The fourth-order valence-electron chi connectivity index (χ4n) is 2.46. The van der Waals surface area contributed by atoms with Gasteiger partial charge in [-0.15, -0.1) is 0 Å². The molecule has 3 nitrogen and oxygen atoms in total. The van der Waals surface area contributed by atoms with Crippen molar-refractivity contribution in [3.8, 4) is 5.75 Å². The summed E-state index contributed by atoms with van der Waals surface area (Å²) >= 11 is 0. The Hall–Kier alpha value is -0.843. The zero-order chi connectivity index (χ0) is 13.9. The van der Waals surface area contributed by atoms with Gasteiger partial charge in [0.05, 0.1) is 0 Å². The Morgan fingerprint density at radius 3 is 2.26 bits per heavy atom. The molecule has 1 atom stereocenters. The van der Waals surface area contributed by atoms with Gasteiger partial charge in [0.2, 0.25) is 8.32 Å². The lowest BCUT2D eigenvalue weighted by Crippen LogP contribution is -2.29. The number of rotatable bonds is 4. The molecule has 1 aromatic carbocycles. The zero-order valence-corrected chi connectivity index (χ0v) is 13.2. The van der Waals surface area contributed by atoms with Crippen LogP contribution in [0.1, 0.15) is 24.4 Å². The molecule has 4 heteroatoms. The van der Waals surface area contributed by atoms with Crippen LogP contribution in [-0.2, 0) is 4.74 Å². The van der Waals surface area contributed by atoms with Crippen LogP contribution in [0.15, 0.2) is 24.3 Å². The van der Waals surface area contributed by atoms with Crippen LogP contribution in [0.25, 0.3) is 0 Å². The molecule has 0 aromatic heterocycles.